The van der Waals surface area contributed by atoms with E-state index in [1.165, 1.54) is 6.92 Å². The van der Waals surface area contributed by atoms with Crippen LogP contribution in [0.2, 0.25) is 0 Å². The van der Waals surface area contributed by atoms with Gasteiger partial charge in [0.2, 0.25) is 11.8 Å². The van der Waals surface area contributed by atoms with Crippen LogP contribution in [0.25, 0.3) is 11.1 Å². The quantitative estimate of drug-likeness (QED) is 0.337. The molecule has 186 valence electrons. The minimum atomic E-state index is -0.183. The SMILES string of the molecule is CC(=O)Nc1cc(Oc2c(C)cc(NC(=O)CCn3ccnc3)cc2C)cc(-c2c(C)noc2C)c1. The third kappa shape index (κ3) is 5.80. The highest BCUT2D eigenvalue weighted by atomic mass is 16.5. The van der Waals surface area contributed by atoms with Crippen LogP contribution in [0.3, 0.4) is 0 Å². The third-order valence-electron chi connectivity index (χ3n) is 5.67. The maximum absolute atomic E-state index is 12.4. The molecule has 0 fully saturated rings. The van der Waals surface area contributed by atoms with Gasteiger partial charge in [-0.3, -0.25) is 9.59 Å². The number of ether oxygens (including phenoxy) is 1. The first-order valence-electron chi connectivity index (χ1n) is 11.6. The number of rotatable bonds is 8. The Labute approximate surface area is 209 Å². The number of benzene rings is 2. The molecule has 0 saturated heterocycles. The molecule has 0 spiro atoms. The molecule has 0 aliphatic heterocycles. The molecule has 9 nitrogen and oxygen atoms in total. The lowest BCUT2D eigenvalue weighted by molar-refractivity contribution is -0.116. The van der Waals surface area contributed by atoms with Crippen LogP contribution in [0, 0.1) is 27.7 Å². The molecule has 0 atom stereocenters. The number of aryl methyl sites for hydroxylation is 5. The molecule has 2 aromatic carbocycles. The number of aromatic nitrogens is 3. The molecule has 9 heteroatoms. The molecule has 2 aromatic heterocycles. The van der Waals surface area contributed by atoms with Gasteiger partial charge in [0.15, 0.2) is 0 Å². The fraction of sp³-hybridized carbons (Fsp3) is 0.259. The summed E-state index contributed by atoms with van der Waals surface area (Å²) < 4.78 is 13.5. The van der Waals surface area contributed by atoms with Crippen molar-refractivity contribution in [1.82, 2.24) is 14.7 Å². The van der Waals surface area contributed by atoms with Crippen LogP contribution in [-0.2, 0) is 16.1 Å². The Kier molecular flexibility index (Phi) is 7.19. The summed E-state index contributed by atoms with van der Waals surface area (Å²) >= 11 is 0. The summed E-state index contributed by atoms with van der Waals surface area (Å²) in [6, 6.07) is 9.29. The molecule has 0 unspecified atom stereocenters. The number of carbonyl (C=O) groups is 2. The second kappa shape index (κ2) is 10.5. The van der Waals surface area contributed by atoms with Crippen LogP contribution < -0.4 is 15.4 Å². The maximum Gasteiger partial charge on any atom is 0.226 e. The molecule has 4 rings (SSSR count). The van der Waals surface area contributed by atoms with Crippen LogP contribution in [-0.4, -0.2) is 26.5 Å². The standard InChI is InChI=1S/C27H29N5O4/c1-16-10-22(30-25(34)6-8-32-9-7-28-15-32)11-17(2)27(16)35-24-13-21(12-23(14-24)29-20(5)33)26-18(3)31-36-19(26)4/h7,9-15H,6,8H2,1-5H3,(H,29,33)(H,30,34). The first-order valence-corrected chi connectivity index (χ1v) is 11.6. The highest BCUT2D eigenvalue weighted by Crippen LogP contribution is 2.37. The lowest BCUT2D eigenvalue weighted by atomic mass is 10.0. The van der Waals surface area contributed by atoms with Gasteiger partial charge in [0.05, 0.1) is 12.0 Å². The van der Waals surface area contributed by atoms with E-state index in [1.54, 1.807) is 18.6 Å². The van der Waals surface area contributed by atoms with Crippen LogP contribution in [0.4, 0.5) is 11.4 Å². The largest absolute Gasteiger partial charge is 0.457 e. The monoisotopic (exact) mass is 487 g/mol. The predicted octanol–water partition coefficient (Wildman–Crippen LogP) is 5.55. The zero-order valence-electron chi connectivity index (χ0n) is 21.0. The van der Waals surface area contributed by atoms with E-state index < -0.39 is 0 Å². The van der Waals surface area contributed by atoms with E-state index >= 15 is 0 Å². The summed E-state index contributed by atoms with van der Waals surface area (Å²) in [5.74, 6) is 1.65. The van der Waals surface area contributed by atoms with Gasteiger partial charge >= 0.3 is 0 Å². The van der Waals surface area contributed by atoms with Crippen molar-refractivity contribution in [2.24, 2.45) is 0 Å². The Balaban J connectivity index is 1.57. The summed E-state index contributed by atoms with van der Waals surface area (Å²) in [7, 11) is 0. The first kappa shape index (κ1) is 24.7. The van der Waals surface area contributed by atoms with Crippen molar-refractivity contribution in [1.29, 1.82) is 0 Å². The molecule has 0 bridgehead atoms. The number of hydrogen-bond donors (Lipinski definition) is 2. The van der Waals surface area contributed by atoms with E-state index in [-0.39, 0.29) is 11.8 Å². The number of carbonyl (C=O) groups excluding carboxylic acids is 2. The van der Waals surface area contributed by atoms with Gasteiger partial charge in [0, 0.05) is 55.3 Å². The lowest BCUT2D eigenvalue weighted by Gasteiger charge is -2.16. The fourth-order valence-electron chi connectivity index (χ4n) is 4.15. The molecule has 0 aliphatic rings. The van der Waals surface area contributed by atoms with Gasteiger partial charge in [-0.25, -0.2) is 4.98 Å². The summed E-state index contributed by atoms with van der Waals surface area (Å²) in [5, 5.41) is 9.83. The number of hydrogen-bond acceptors (Lipinski definition) is 6. The molecule has 0 radical (unpaired) electrons. The van der Waals surface area contributed by atoms with E-state index in [0.717, 1.165) is 27.9 Å². The van der Waals surface area contributed by atoms with Crippen molar-refractivity contribution < 1.29 is 18.8 Å². The summed E-state index contributed by atoms with van der Waals surface area (Å²) in [5.41, 5.74) is 5.47. The summed E-state index contributed by atoms with van der Waals surface area (Å²) in [6.45, 7) is 9.58. The van der Waals surface area contributed by atoms with Gasteiger partial charge in [0.1, 0.15) is 17.3 Å². The molecular formula is C27H29N5O4. The van der Waals surface area contributed by atoms with Gasteiger partial charge in [-0.2, -0.15) is 0 Å². The predicted molar refractivity (Wildman–Crippen MR) is 137 cm³/mol. The van der Waals surface area contributed by atoms with E-state index in [0.29, 0.717) is 41.6 Å². The first-order chi connectivity index (χ1) is 17.2. The molecule has 2 heterocycles. The van der Waals surface area contributed by atoms with Gasteiger partial charge in [-0.05, 0) is 68.7 Å². The Bertz CT molecular complexity index is 1360. The Morgan fingerprint density at radius 3 is 2.33 bits per heavy atom. The van der Waals surface area contributed by atoms with Crippen molar-refractivity contribution in [3.63, 3.8) is 0 Å². The van der Waals surface area contributed by atoms with Crippen molar-refractivity contribution >= 4 is 23.2 Å². The van der Waals surface area contributed by atoms with E-state index in [9.17, 15) is 9.59 Å². The average Bonchev–Trinajstić information content (AvgIpc) is 3.43. The van der Waals surface area contributed by atoms with Crippen molar-refractivity contribution in [3.8, 4) is 22.6 Å². The maximum atomic E-state index is 12.4. The molecule has 2 amide bonds. The molecular weight excluding hydrogens is 458 g/mol. The molecule has 2 N–H and O–H groups in total. The summed E-state index contributed by atoms with van der Waals surface area (Å²) in [4.78, 5) is 28.1. The highest BCUT2D eigenvalue weighted by Gasteiger charge is 2.16. The number of amides is 2. The zero-order chi connectivity index (χ0) is 25.8. The van der Waals surface area contributed by atoms with E-state index in [1.807, 2.05) is 62.7 Å². The third-order valence-corrected chi connectivity index (χ3v) is 5.67. The van der Waals surface area contributed by atoms with Crippen molar-refractivity contribution in [3.05, 3.63) is 71.6 Å². The second-order valence-electron chi connectivity index (χ2n) is 8.77. The minimum Gasteiger partial charge on any atom is -0.457 e. The molecule has 0 aliphatic carbocycles. The fourth-order valence-corrected chi connectivity index (χ4v) is 4.15. The number of imidazole rings is 1. The Morgan fingerprint density at radius 1 is 1.00 bits per heavy atom. The number of nitrogens with one attached hydrogen (secondary N) is 2. The lowest BCUT2D eigenvalue weighted by Crippen LogP contribution is -2.14. The molecule has 0 saturated carbocycles. The summed E-state index contributed by atoms with van der Waals surface area (Å²) in [6.07, 6.45) is 5.54. The van der Waals surface area contributed by atoms with E-state index in [2.05, 4.69) is 20.8 Å². The number of nitrogens with zero attached hydrogens (tertiary/aromatic N) is 3. The van der Waals surface area contributed by atoms with Gasteiger partial charge in [0.25, 0.3) is 0 Å². The van der Waals surface area contributed by atoms with Gasteiger partial charge in [-0.15, -0.1) is 0 Å². The average molecular weight is 488 g/mol. The minimum absolute atomic E-state index is 0.0803. The second-order valence-corrected chi connectivity index (χ2v) is 8.77. The normalized spacial score (nSPS) is 10.8. The molecule has 36 heavy (non-hydrogen) atoms. The topological polar surface area (TPSA) is 111 Å². The highest BCUT2D eigenvalue weighted by molar-refractivity contribution is 5.91. The van der Waals surface area contributed by atoms with Crippen LogP contribution in [0.5, 0.6) is 11.5 Å². The van der Waals surface area contributed by atoms with Crippen molar-refractivity contribution in [2.45, 2.75) is 47.6 Å². The van der Waals surface area contributed by atoms with Crippen LogP contribution in [0.1, 0.15) is 35.9 Å². The van der Waals surface area contributed by atoms with Crippen LogP contribution >= 0.6 is 0 Å². The number of anilines is 2. The van der Waals surface area contributed by atoms with Gasteiger partial charge in [-0.1, -0.05) is 5.16 Å². The van der Waals surface area contributed by atoms with Gasteiger partial charge < -0.3 is 24.5 Å². The molecule has 4 aromatic rings. The van der Waals surface area contributed by atoms with E-state index in [4.69, 9.17) is 9.26 Å². The zero-order valence-corrected chi connectivity index (χ0v) is 21.0. The smallest absolute Gasteiger partial charge is 0.226 e. The Hall–Kier alpha value is -4.40. The Morgan fingerprint density at radius 2 is 1.72 bits per heavy atom. The van der Waals surface area contributed by atoms with Crippen LogP contribution in [0.15, 0.2) is 53.6 Å². The van der Waals surface area contributed by atoms with Crippen molar-refractivity contribution in [2.75, 3.05) is 10.6 Å².